The van der Waals surface area contributed by atoms with Crippen molar-refractivity contribution in [2.45, 2.75) is 26.2 Å². The van der Waals surface area contributed by atoms with Gasteiger partial charge in [0.05, 0.1) is 17.8 Å². The molecule has 0 bridgehead atoms. The van der Waals surface area contributed by atoms with Gasteiger partial charge in [-0.05, 0) is 63.9 Å². The number of para-hydroxylation sites is 1. The van der Waals surface area contributed by atoms with Crippen LogP contribution in [0.3, 0.4) is 0 Å². The summed E-state index contributed by atoms with van der Waals surface area (Å²) in [4.78, 5) is 18.4. The van der Waals surface area contributed by atoms with Gasteiger partial charge < -0.3 is 4.90 Å². The number of ketones is 1. The van der Waals surface area contributed by atoms with E-state index in [0.29, 0.717) is 6.54 Å². The molecule has 0 saturated carbocycles. The molecular weight excluding hydrogens is 324 g/mol. The maximum Gasteiger partial charge on any atom is 0.143 e. The first-order chi connectivity index (χ1) is 12.7. The van der Waals surface area contributed by atoms with Crippen LogP contribution in [0.25, 0.3) is 0 Å². The van der Waals surface area contributed by atoms with Gasteiger partial charge in [0, 0.05) is 26.2 Å². The SMILES string of the molecule is CC(=O)CN1CCC(CCN2CCN(c3ccccc3C#N)CC2)CC1. The highest BCUT2D eigenvalue weighted by molar-refractivity contribution is 5.77. The monoisotopic (exact) mass is 354 g/mol. The second-order valence-electron chi connectivity index (χ2n) is 7.67. The summed E-state index contributed by atoms with van der Waals surface area (Å²) in [6.45, 7) is 9.76. The van der Waals surface area contributed by atoms with Gasteiger partial charge in [0.15, 0.2) is 0 Å². The minimum absolute atomic E-state index is 0.277. The smallest absolute Gasteiger partial charge is 0.143 e. The highest BCUT2D eigenvalue weighted by atomic mass is 16.1. The van der Waals surface area contributed by atoms with Crippen LogP contribution < -0.4 is 4.90 Å². The lowest BCUT2D eigenvalue weighted by molar-refractivity contribution is -0.118. The van der Waals surface area contributed by atoms with Gasteiger partial charge in [0.25, 0.3) is 0 Å². The van der Waals surface area contributed by atoms with E-state index in [0.717, 1.165) is 56.4 Å². The Labute approximate surface area is 157 Å². The molecule has 0 radical (unpaired) electrons. The van der Waals surface area contributed by atoms with Crippen LogP contribution in [0.15, 0.2) is 24.3 Å². The molecule has 2 fully saturated rings. The second kappa shape index (κ2) is 9.16. The Bertz CT molecular complexity index is 638. The first-order valence-electron chi connectivity index (χ1n) is 9.84. The van der Waals surface area contributed by atoms with E-state index in [1.54, 1.807) is 6.92 Å². The van der Waals surface area contributed by atoms with E-state index in [1.807, 2.05) is 18.2 Å². The van der Waals surface area contributed by atoms with Gasteiger partial charge in [-0.25, -0.2) is 0 Å². The van der Waals surface area contributed by atoms with Crippen molar-refractivity contribution in [2.24, 2.45) is 5.92 Å². The van der Waals surface area contributed by atoms with Crippen molar-refractivity contribution in [2.75, 3.05) is 57.3 Å². The molecule has 140 valence electrons. The van der Waals surface area contributed by atoms with Crippen molar-refractivity contribution >= 4 is 11.5 Å². The summed E-state index contributed by atoms with van der Waals surface area (Å²) in [5.41, 5.74) is 1.85. The van der Waals surface area contributed by atoms with E-state index < -0.39 is 0 Å². The predicted molar refractivity (Wildman–Crippen MR) is 104 cm³/mol. The molecule has 0 amide bonds. The van der Waals surface area contributed by atoms with Crippen molar-refractivity contribution in [3.63, 3.8) is 0 Å². The third-order valence-corrected chi connectivity index (χ3v) is 5.74. The molecule has 1 aromatic rings. The lowest BCUT2D eigenvalue weighted by Gasteiger charge is -2.37. The molecule has 1 aromatic carbocycles. The summed E-state index contributed by atoms with van der Waals surface area (Å²) < 4.78 is 0. The third kappa shape index (κ3) is 5.06. The highest BCUT2D eigenvalue weighted by Gasteiger charge is 2.22. The normalized spacial score (nSPS) is 20.1. The van der Waals surface area contributed by atoms with Gasteiger partial charge in [-0.3, -0.25) is 14.6 Å². The number of likely N-dealkylation sites (tertiary alicyclic amines) is 1. The fourth-order valence-electron chi connectivity index (χ4n) is 4.17. The fraction of sp³-hybridized carbons (Fsp3) is 0.619. The van der Waals surface area contributed by atoms with Gasteiger partial charge in [0.2, 0.25) is 0 Å². The summed E-state index contributed by atoms with van der Waals surface area (Å²) in [6, 6.07) is 10.2. The van der Waals surface area contributed by atoms with Crippen molar-refractivity contribution in [1.29, 1.82) is 5.26 Å². The third-order valence-electron chi connectivity index (χ3n) is 5.74. The quantitative estimate of drug-likeness (QED) is 0.785. The minimum Gasteiger partial charge on any atom is -0.368 e. The molecule has 2 saturated heterocycles. The van der Waals surface area contributed by atoms with E-state index >= 15 is 0 Å². The minimum atomic E-state index is 0.277. The zero-order valence-electron chi connectivity index (χ0n) is 15.9. The number of carbonyl (C=O) groups excluding carboxylic acids is 1. The van der Waals surface area contributed by atoms with Crippen LogP contribution in [0.2, 0.25) is 0 Å². The first kappa shape index (κ1) is 18.9. The Morgan fingerprint density at radius 3 is 2.42 bits per heavy atom. The van der Waals surface area contributed by atoms with Gasteiger partial charge in [0.1, 0.15) is 11.9 Å². The average Bonchev–Trinajstić information content (AvgIpc) is 2.67. The average molecular weight is 354 g/mol. The molecule has 0 unspecified atom stereocenters. The van der Waals surface area contributed by atoms with Gasteiger partial charge in [-0.15, -0.1) is 0 Å². The molecule has 0 spiro atoms. The van der Waals surface area contributed by atoms with Crippen LogP contribution >= 0.6 is 0 Å². The number of hydrogen-bond acceptors (Lipinski definition) is 5. The molecule has 2 heterocycles. The summed E-state index contributed by atoms with van der Waals surface area (Å²) in [5, 5.41) is 9.29. The Hall–Kier alpha value is -1.90. The number of piperazine rings is 1. The van der Waals surface area contributed by atoms with E-state index in [-0.39, 0.29) is 5.78 Å². The van der Waals surface area contributed by atoms with Crippen LogP contribution in [0.1, 0.15) is 31.7 Å². The molecule has 2 aliphatic rings. The van der Waals surface area contributed by atoms with Gasteiger partial charge in [-0.2, -0.15) is 5.26 Å². The molecule has 26 heavy (non-hydrogen) atoms. The van der Waals surface area contributed by atoms with E-state index in [1.165, 1.54) is 25.8 Å². The second-order valence-corrected chi connectivity index (χ2v) is 7.67. The van der Waals surface area contributed by atoms with Crippen LogP contribution in [0.5, 0.6) is 0 Å². The highest BCUT2D eigenvalue weighted by Crippen LogP contribution is 2.23. The van der Waals surface area contributed by atoms with Crippen molar-refractivity contribution in [3.8, 4) is 6.07 Å². The molecular formula is C21H30N4O. The van der Waals surface area contributed by atoms with E-state index in [4.69, 9.17) is 0 Å². The number of piperidine rings is 1. The van der Waals surface area contributed by atoms with Crippen LogP contribution in [-0.2, 0) is 4.79 Å². The van der Waals surface area contributed by atoms with Crippen molar-refractivity contribution < 1.29 is 4.79 Å². The summed E-state index contributed by atoms with van der Waals surface area (Å²) in [6.07, 6.45) is 3.72. The van der Waals surface area contributed by atoms with E-state index in [2.05, 4.69) is 26.8 Å². The molecule has 2 aliphatic heterocycles. The largest absolute Gasteiger partial charge is 0.368 e. The molecule has 0 aliphatic carbocycles. The fourth-order valence-corrected chi connectivity index (χ4v) is 4.17. The predicted octanol–water partition coefficient (Wildman–Crippen LogP) is 2.37. The topological polar surface area (TPSA) is 50.6 Å². The van der Waals surface area contributed by atoms with Crippen LogP contribution in [0.4, 0.5) is 5.69 Å². The number of rotatable bonds is 6. The number of nitrogens with zero attached hydrogens (tertiary/aromatic N) is 4. The molecule has 0 atom stereocenters. The van der Waals surface area contributed by atoms with Crippen molar-refractivity contribution in [1.82, 2.24) is 9.80 Å². The summed E-state index contributed by atoms with van der Waals surface area (Å²) in [5.74, 6) is 1.08. The lowest BCUT2D eigenvalue weighted by Crippen LogP contribution is -2.47. The number of Topliss-reactive ketones (excluding diaryl/α,β-unsaturated/α-hetero) is 1. The Balaban J connectivity index is 1.39. The summed E-state index contributed by atoms with van der Waals surface area (Å²) in [7, 11) is 0. The Morgan fingerprint density at radius 2 is 1.77 bits per heavy atom. The lowest BCUT2D eigenvalue weighted by atomic mass is 9.93. The Morgan fingerprint density at radius 1 is 1.08 bits per heavy atom. The van der Waals surface area contributed by atoms with E-state index in [9.17, 15) is 10.1 Å². The van der Waals surface area contributed by atoms with Crippen LogP contribution in [-0.4, -0.2) is 67.9 Å². The first-order valence-corrected chi connectivity index (χ1v) is 9.84. The molecule has 3 rings (SSSR count). The Kier molecular flexibility index (Phi) is 6.65. The number of carbonyl (C=O) groups is 1. The van der Waals surface area contributed by atoms with Crippen LogP contribution in [0, 0.1) is 17.2 Å². The summed E-state index contributed by atoms with van der Waals surface area (Å²) >= 11 is 0. The molecule has 5 nitrogen and oxygen atoms in total. The number of hydrogen-bond donors (Lipinski definition) is 0. The molecule has 0 N–H and O–H groups in total. The van der Waals surface area contributed by atoms with Crippen molar-refractivity contribution in [3.05, 3.63) is 29.8 Å². The molecule has 5 heteroatoms. The standard InChI is InChI=1S/C21H30N4O/c1-18(26)17-24-10-7-19(8-11-24)6-9-23-12-14-25(15-13-23)21-5-3-2-4-20(21)16-22/h2-5,19H,6-15,17H2,1H3. The maximum absolute atomic E-state index is 11.2. The number of nitriles is 1. The zero-order valence-corrected chi connectivity index (χ0v) is 15.9. The number of anilines is 1. The van der Waals surface area contributed by atoms with Gasteiger partial charge in [-0.1, -0.05) is 12.1 Å². The zero-order chi connectivity index (χ0) is 18.4. The van der Waals surface area contributed by atoms with Gasteiger partial charge >= 0.3 is 0 Å². The number of benzene rings is 1. The molecule has 0 aromatic heterocycles. The maximum atomic E-state index is 11.2.